The number of hydrogen-bond donors (Lipinski definition) is 1. The van der Waals surface area contributed by atoms with Crippen LogP contribution in [-0.2, 0) is 30.6 Å². The molecular formula is C22H27F3N4O2. The maximum Gasteiger partial charge on any atom is 0.421 e. The number of hydrogen-bond acceptors (Lipinski definition) is 4. The molecule has 0 spiro atoms. The third kappa shape index (κ3) is 6.41. The monoisotopic (exact) mass is 436 g/mol. The second-order valence-corrected chi connectivity index (χ2v) is 7.66. The Morgan fingerprint density at radius 3 is 2.23 bits per heavy atom. The molecule has 6 nitrogen and oxygen atoms in total. The van der Waals surface area contributed by atoms with Gasteiger partial charge in [-0.25, -0.2) is 0 Å². The number of carbonyl (C=O) groups excluding carboxylic acids is 1. The lowest BCUT2D eigenvalue weighted by Crippen LogP contribution is -2.45. The highest BCUT2D eigenvalue weighted by atomic mass is 19.4. The minimum absolute atomic E-state index is 0.238. The molecule has 1 aliphatic rings. The van der Waals surface area contributed by atoms with Gasteiger partial charge in [0.05, 0.1) is 0 Å². The Kier molecular flexibility index (Phi) is 7.50. The number of nitrogens with one attached hydrogen (secondary N) is 1. The molecule has 3 rings (SSSR count). The molecular weight excluding hydrogens is 409 g/mol. The highest BCUT2D eigenvalue weighted by Gasteiger charge is 2.34. The summed E-state index contributed by atoms with van der Waals surface area (Å²) in [5, 5.41) is 2.65. The van der Waals surface area contributed by atoms with Crippen molar-refractivity contribution in [3.05, 3.63) is 69.6 Å². The van der Waals surface area contributed by atoms with E-state index in [0.717, 1.165) is 55.5 Å². The Hall–Kier alpha value is -2.65. The normalized spacial score (nSPS) is 15.7. The summed E-state index contributed by atoms with van der Waals surface area (Å²) in [4.78, 5) is 28.9. The topological polar surface area (TPSA) is 57.6 Å². The maximum atomic E-state index is 12.8. The van der Waals surface area contributed by atoms with Crippen molar-refractivity contribution in [3.63, 3.8) is 0 Å². The SMILES string of the molecule is CCN1CCN(Cc2ccc(CNC(=O)Cn3cccc(C(F)(F)F)c3=O)cc2)CC1. The van der Waals surface area contributed by atoms with Crippen molar-refractivity contribution in [2.75, 3.05) is 32.7 Å². The summed E-state index contributed by atoms with van der Waals surface area (Å²) >= 11 is 0. The summed E-state index contributed by atoms with van der Waals surface area (Å²) in [6, 6.07) is 9.71. The molecule has 0 aliphatic carbocycles. The maximum absolute atomic E-state index is 12.8. The van der Waals surface area contributed by atoms with E-state index in [9.17, 15) is 22.8 Å². The number of alkyl halides is 3. The largest absolute Gasteiger partial charge is 0.421 e. The molecule has 1 fully saturated rings. The van der Waals surface area contributed by atoms with Gasteiger partial charge in [-0.15, -0.1) is 0 Å². The first-order valence-electron chi connectivity index (χ1n) is 10.3. The van der Waals surface area contributed by atoms with Gasteiger partial charge < -0.3 is 14.8 Å². The highest BCUT2D eigenvalue weighted by molar-refractivity contribution is 5.75. The van der Waals surface area contributed by atoms with Crippen LogP contribution in [0.4, 0.5) is 13.2 Å². The van der Waals surface area contributed by atoms with Crippen molar-refractivity contribution in [2.45, 2.75) is 32.7 Å². The molecule has 1 amide bonds. The van der Waals surface area contributed by atoms with E-state index < -0.39 is 29.8 Å². The minimum atomic E-state index is -4.75. The molecule has 31 heavy (non-hydrogen) atoms. The van der Waals surface area contributed by atoms with E-state index in [4.69, 9.17) is 0 Å². The zero-order valence-corrected chi connectivity index (χ0v) is 17.5. The third-order valence-corrected chi connectivity index (χ3v) is 5.47. The summed E-state index contributed by atoms with van der Waals surface area (Å²) < 4.78 is 39.3. The van der Waals surface area contributed by atoms with E-state index >= 15 is 0 Å². The Morgan fingerprint density at radius 2 is 1.61 bits per heavy atom. The number of likely N-dealkylation sites (N-methyl/N-ethyl adjacent to an activating group) is 1. The van der Waals surface area contributed by atoms with Crippen molar-refractivity contribution in [2.24, 2.45) is 0 Å². The van der Waals surface area contributed by atoms with E-state index in [-0.39, 0.29) is 6.54 Å². The van der Waals surface area contributed by atoms with Gasteiger partial charge >= 0.3 is 6.18 Å². The number of halogens is 3. The first-order chi connectivity index (χ1) is 14.8. The van der Waals surface area contributed by atoms with Gasteiger partial charge in [0, 0.05) is 45.5 Å². The molecule has 0 saturated carbocycles. The van der Waals surface area contributed by atoms with Gasteiger partial charge in [0.1, 0.15) is 12.1 Å². The smallest absolute Gasteiger partial charge is 0.350 e. The van der Waals surface area contributed by atoms with Crippen LogP contribution >= 0.6 is 0 Å². The lowest BCUT2D eigenvalue weighted by Gasteiger charge is -2.34. The van der Waals surface area contributed by atoms with Gasteiger partial charge in [0.25, 0.3) is 5.56 Å². The lowest BCUT2D eigenvalue weighted by molar-refractivity contribution is -0.139. The summed E-state index contributed by atoms with van der Waals surface area (Å²) in [5.41, 5.74) is -0.441. The van der Waals surface area contributed by atoms with Gasteiger partial charge in [0.2, 0.25) is 5.91 Å². The predicted molar refractivity (Wildman–Crippen MR) is 111 cm³/mol. The van der Waals surface area contributed by atoms with Crippen molar-refractivity contribution >= 4 is 5.91 Å². The third-order valence-electron chi connectivity index (χ3n) is 5.47. The van der Waals surface area contributed by atoms with Crippen LogP contribution in [0.25, 0.3) is 0 Å². The van der Waals surface area contributed by atoms with Crippen LogP contribution in [0.15, 0.2) is 47.4 Å². The van der Waals surface area contributed by atoms with E-state index in [1.165, 1.54) is 11.8 Å². The Bertz CT molecular complexity index is 933. The van der Waals surface area contributed by atoms with Gasteiger partial charge in [-0.1, -0.05) is 31.2 Å². The fourth-order valence-corrected chi connectivity index (χ4v) is 3.57. The number of carbonyl (C=O) groups is 1. The molecule has 2 aromatic rings. The predicted octanol–water partition coefficient (Wildman–Crippen LogP) is 2.32. The van der Waals surface area contributed by atoms with Gasteiger partial charge in [-0.3, -0.25) is 14.5 Å². The second-order valence-electron chi connectivity index (χ2n) is 7.66. The molecule has 168 valence electrons. The molecule has 0 atom stereocenters. The quantitative estimate of drug-likeness (QED) is 0.724. The van der Waals surface area contributed by atoms with E-state index in [1.807, 2.05) is 24.3 Å². The van der Waals surface area contributed by atoms with Gasteiger partial charge in [-0.2, -0.15) is 13.2 Å². The van der Waals surface area contributed by atoms with Gasteiger partial charge in [-0.05, 0) is 29.8 Å². The molecule has 0 bridgehead atoms. The zero-order chi connectivity index (χ0) is 22.4. The van der Waals surface area contributed by atoms with Crippen LogP contribution in [0.5, 0.6) is 0 Å². The van der Waals surface area contributed by atoms with E-state index in [0.29, 0.717) is 6.07 Å². The van der Waals surface area contributed by atoms with Crippen molar-refractivity contribution in [1.82, 2.24) is 19.7 Å². The molecule has 1 aliphatic heterocycles. The number of benzene rings is 1. The number of aromatic nitrogens is 1. The Morgan fingerprint density at radius 1 is 1.00 bits per heavy atom. The number of pyridine rings is 1. The van der Waals surface area contributed by atoms with Crippen LogP contribution in [0.3, 0.4) is 0 Å². The molecule has 0 radical (unpaired) electrons. The van der Waals surface area contributed by atoms with Crippen LogP contribution < -0.4 is 10.9 Å². The zero-order valence-electron chi connectivity index (χ0n) is 17.5. The Balaban J connectivity index is 1.49. The number of amides is 1. The molecule has 9 heteroatoms. The van der Waals surface area contributed by atoms with E-state index in [2.05, 4.69) is 22.0 Å². The average Bonchev–Trinajstić information content (AvgIpc) is 2.74. The summed E-state index contributed by atoms with van der Waals surface area (Å²) in [5.74, 6) is -0.528. The number of piperazine rings is 1. The molecule has 0 unspecified atom stereocenters. The van der Waals surface area contributed by atoms with Crippen molar-refractivity contribution in [1.29, 1.82) is 0 Å². The first kappa shape index (κ1) is 23.0. The number of nitrogens with zero attached hydrogens (tertiary/aromatic N) is 3. The summed E-state index contributed by atoms with van der Waals surface area (Å²) in [6.45, 7) is 8.14. The fraction of sp³-hybridized carbons (Fsp3) is 0.455. The fourth-order valence-electron chi connectivity index (χ4n) is 3.57. The summed E-state index contributed by atoms with van der Waals surface area (Å²) in [6.07, 6.45) is -3.58. The second kappa shape index (κ2) is 10.1. The molecule has 1 aromatic heterocycles. The lowest BCUT2D eigenvalue weighted by atomic mass is 10.1. The summed E-state index contributed by atoms with van der Waals surface area (Å²) in [7, 11) is 0. The van der Waals surface area contributed by atoms with Gasteiger partial charge in [0.15, 0.2) is 0 Å². The van der Waals surface area contributed by atoms with Crippen LogP contribution in [0, 0.1) is 0 Å². The minimum Gasteiger partial charge on any atom is -0.350 e. The highest BCUT2D eigenvalue weighted by Crippen LogP contribution is 2.25. The molecule has 1 saturated heterocycles. The first-order valence-corrected chi connectivity index (χ1v) is 10.3. The Labute approximate surface area is 179 Å². The van der Waals surface area contributed by atoms with Crippen LogP contribution in [0.1, 0.15) is 23.6 Å². The number of rotatable bonds is 7. The van der Waals surface area contributed by atoms with E-state index in [1.54, 1.807) is 0 Å². The molecule has 2 heterocycles. The van der Waals surface area contributed by atoms with Crippen LogP contribution in [-0.4, -0.2) is 53.0 Å². The van der Waals surface area contributed by atoms with Crippen molar-refractivity contribution < 1.29 is 18.0 Å². The standard InChI is InChI=1S/C22H27F3N4O2/c1-2-27-10-12-28(13-11-27)15-18-7-5-17(6-8-18)14-26-20(30)16-29-9-3-4-19(21(29)31)22(23,24)25/h3-9H,2,10-16H2,1H3,(H,26,30). The van der Waals surface area contributed by atoms with Crippen LogP contribution in [0.2, 0.25) is 0 Å². The average molecular weight is 436 g/mol. The molecule has 1 aromatic carbocycles. The molecule has 1 N–H and O–H groups in total. The van der Waals surface area contributed by atoms with Crippen molar-refractivity contribution in [3.8, 4) is 0 Å².